The fourth-order valence-electron chi connectivity index (χ4n) is 9.63. The van der Waals surface area contributed by atoms with Crippen LogP contribution in [0.2, 0.25) is 0 Å². The molecule has 83 heavy (non-hydrogen) atoms. The third kappa shape index (κ3) is 58.8. The highest BCUT2D eigenvalue weighted by Crippen LogP contribution is 2.45. The zero-order valence-electron chi connectivity index (χ0n) is 53.2. The van der Waals surface area contributed by atoms with Crippen LogP contribution in [0.1, 0.15) is 329 Å². The topological polar surface area (TPSA) is 237 Å². The van der Waals surface area contributed by atoms with E-state index in [1.54, 1.807) is 0 Å². The van der Waals surface area contributed by atoms with Crippen molar-refractivity contribution in [3.63, 3.8) is 0 Å². The summed E-state index contributed by atoms with van der Waals surface area (Å²) in [6.07, 6.45) is 44.4. The first kappa shape index (κ1) is 81.1. The average Bonchev–Trinajstić information content (AvgIpc) is 3.46. The van der Waals surface area contributed by atoms with Crippen LogP contribution in [0.5, 0.6) is 0 Å². The van der Waals surface area contributed by atoms with Crippen LogP contribution in [0.25, 0.3) is 0 Å². The monoisotopic (exact) mass is 1230 g/mol. The molecule has 0 saturated heterocycles. The molecule has 5 atom stereocenters. The maximum atomic E-state index is 13.0. The molecule has 0 aromatic carbocycles. The van der Waals surface area contributed by atoms with Crippen LogP contribution in [0.15, 0.2) is 0 Å². The second-order valence-electron chi connectivity index (χ2n) is 23.2. The number of unbranched alkanes of at least 4 members (excludes halogenated alkanes) is 39. The van der Waals surface area contributed by atoms with E-state index in [0.717, 1.165) is 96.3 Å². The van der Waals surface area contributed by atoms with Gasteiger partial charge >= 0.3 is 39.5 Å². The number of aliphatic hydroxyl groups is 1. The van der Waals surface area contributed by atoms with Gasteiger partial charge in [0.15, 0.2) is 12.2 Å². The van der Waals surface area contributed by atoms with Gasteiger partial charge in [-0.2, -0.15) is 0 Å². The third-order valence-corrected chi connectivity index (χ3v) is 16.8. The van der Waals surface area contributed by atoms with Crippen molar-refractivity contribution in [2.24, 2.45) is 0 Å². The lowest BCUT2D eigenvalue weighted by Crippen LogP contribution is -2.30. The quantitative estimate of drug-likeness (QED) is 0.0222. The lowest BCUT2D eigenvalue weighted by Gasteiger charge is -2.21. The maximum absolute atomic E-state index is 13.0. The Labute approximate surface area is 505 Å². The van der Waals surface area contributed by atoms with E-state index in [1.165, 1.54) is 154 Å². The first-order valence-electron chi connectivity index (χ1n) is 33.8. The minimum atomic E-state index is -4.94. The zero-order valence-corrected chi connectivity index (χ0v) is 54.9. The summed E-state index contributed by atoms with van der Waals surface area (Å²) in [5.74, 6) is -2.13. The van der Waals surface area contributed by atoms with Crippen LogP contribution in [0.4, 0.5) is 0 Å². The molecule has 0 rings (SSSR count). The lowest BCUT2D eigenvalue weighted by molar-refractivity contribution is -0.161. The molecule has 17 nitrogen and oxygen atoms in total. The van der Waals surface area contributed by atoms with Crippen molar-refractivity contribution >= 4 is 39.5 Å². The van der Waals surface area contributed by atoms with Crippen molar-refractivity contribution in [2.45, 2.75) is 348 Å². The van der Waals surface area contributed by atoms with E-state index >= 15 is 0 Å². The lowest BCUT2D eigenvalue weighted by atomic mass is 10.0. The molecule has 0 saturated carbocycles. The van der Waals surface area contributed by atoms with E-state index in [1.807, 2.05) is 0 Å². The summed E-state index contributed by atoms with van der Waals surface area (Å²) in [5, 5.41) is 10.5. The first-order chi connectivity index (χ1) is 40.2. The summed E-state index contributed by atoms with van der Waals surface area (Å²) >= 11 is 0. The predicted octanol–water partition coefficient (Wildman–Crippen LogP) is 17.9. The summed E-state index contributed by atoms with van der Waals surface area (Å²) in [6.45, 7) is 4.86. The molecule has 492 valence electrons. The van der Waals surface area contributed by atoms with Crippen LogP contribution in [0, 0.1) is 0 Å². The van der Waals surface area contributed by atoms with Gasteiger partial charge in [-0.25, -0.2) is 9.13 Å². The maximum Gasteiger partial charge on any atom is 0.472 e. The zero-order chi connectivity index (χ0) is 61.2. The first-order valence-corrected chi connectivity index (χ1v) is 36.8. The van der Waals surface area contributed by atoms with Gasteiger partial charge < -0.3 is 33.8 Å². The highest BCUT2D eigenvalue weighted by atomic mass is 31.2. The standard InChI is InChI=1S/C64H124O17P2/c1-5-9-13-17-21-25-28-29-30-31-32-35-39-43-47-51-64(69)81-60(55-75-62(67)49-45-41-37-33-26-22-18-14-10-6-2)57-79-83(72,73)77-53-58(65)52-76-82(70,71)78-56-59(54-74-61(66)48-44-40-36-24-20-16-12-8-4)80-63(68)50-46-42-38-34-27-23-19-15-11-7-3/h58-60,65H,5-57H2,1-4H3,(H,70,71)(H,72,73)/t58-,59+,60+/m0/s1. The fraction of sp³-hybridized carbons (Fsp3) is 0.938. The van der Waals surface area contributed by atoms with Gasteiger partial charge in [-0.1, -0.05) is 278 Å². The SMILES string of the molecule is CCCCCCCCCCCCCCCCCC(=O)O[C@H](COC(=O)CCCCCCCCCCCC)COP(=O)(O)OC[C@@H](O)COP(=O)(O)OC[C@@H](COC(=O)CCCCCCCCCC)OC(=O)CCCCCCCCCCCC. The molecule has 0 heterocycles. The third-order valence-electron chi connectivity index (χ3n) is 14.9. The van der Waals surface area contributed by atoms with Gasteiger partial charge in [-0.3, -0.25) is 37.3 Å². The highest BCUT2D eigenvalue weighted by molar-refractivity contribution is 7.47. The Morgan fingerprint density at radius 1 is 0.289 bits per heavy atom. The van der Waals surface area contributed by atoms with Gasteiger partial charge in [-0.15, -0.1) is 0 Å². The van der Waals surface area contributed by atoms with Crippen LogP contribution >= 0.6 is 15.6 Å². The van der Waals surface area contributed by atoms with Crippen LogP contribution in [-0.4, -0.2) is 96.7 Å². The molecule has 0 amide bonds. The van der Waals surface area contributed by atoms with Gasteiger partial charge in [0.25, 0.3) is 0 Å². The minimum absolute atomic E-state index is 0.107. The molecular weight excluding hydrogens is 1100 g/mol. The van der Waals surface area contributed by atoms with Crippen LogP contribution < -0.4 is 0 Å². The van der Waals surface area contributed by atoms with Gasteiger partial charge in [-0.05, 0) is 25.7 Å². The second-order valence-corrected chi connectivity index (χ2v) is 26.1. The van der Waals surface area contributed by atoms with E-state index < -0.39 is 97.5 Å². The largest absolute Gasteiger partial charge is 0.472 e. The minimum Gasteiger partial charge on any atom is -0.462 e. The molecule has 0 bridgehead atoms. The number of carbonyl (C=O) groups excluding carboxylic acids is 4. The number of rotatable bonds is 65. The van der Waals surface area contributed by atoms with Gasteiger partial charge in [0.2, 0.25) is 0 Å². The molecule has 0 fully saturated rings. The molecule has 0 spiro atoms. The van der Waals surface area contributed by atoms with Crippen LogP contribution in [-0.2, 0) is 65.4 Å². The molecular formula is C64H124O17P2. The molecule has 0 aromatic rings. The smallest absolute Gasteiger partial charge is 0.462 e. The number of ether oxygens (including phenoxy) is 4. The summed E-state index contributed by atoms with van der Waals surface area (Å²) in [4.78, 5) is 72.1. The Morgan fingerprint density at radius 3 is 0.711 bits per heavy atom. The molecule has 0 aliphatic rings. The number of aliphatic hydroxyl groups excluding tert-OH is 1. The molecule has 19 heteroatoms. The molecule has 3 N–H and O–H groups in total. The number of phosphoric ester groups is 2. The molecule has 0 aliphatic carbocycles. The van der Waals surface area contributed by atoms with Crippen molar-refractivity contribution in [2.75, 3.05) is 39.6 Å². The summed E-state index contributed by atoms with van der Waals surface area (Å²) in [7, 11) is -9.88. The normalized spacial score (nSPS) is 14.2. The van der Waals surface area contributed by atoms with Gasteiger partial charge in [0.1, 0.15) is 19.3 Å². The van der Waals surface area contributed by atoms with Crippen molar-refractivity contribution in [1.82, 2.24) is 0 Å². The van der Waals surface area contributed by atoms with Crippen molar-refractivity contribution in [3.05, 3.63) is 0 Å². The van der Waals surface area contributed by atoms with Crippen molar-refractivity contribution < 1.29 is 80.2 Å². The Kier molecular flexibility index (Phi) is 57.7. The Balaban J connectivity index is 5.20. The van der Waals surface area contributed by atoms with Crippen molar-refractivity contribution in [1.29, 1.82) is 0 Å². The molecule has 2 unspecified atom stereocenters. The Bertz CT molecular complexity index is 1600. The molecule has 0 aliphatic heterocycles. The summed E-state index contributed by atoms with van der Waals surface area (Å²) in [6, 6.07) is 0. The number of phosphoric acid groups is 2. The average molecular weight is 1230 g/mol. The number of esters is 4. The van der Waals surface area contributed by atoms with E-state index in [0.29, 0.717) is 25.7 Å². The Morgan fingerprint density at radius 2 is 0.482 bits per heavy atom. The highest BCUT2D eigenvalue weighted by Gasteiger charge is 2.30. The van der Waals surface area contributed by atoms with E-state index in [2.05, 4.69) is 27.7 Å². The number of carbonyl (C=O) groups is 4. The fourth-order valence-corrected chi connectivity index (χ4v) is 11.2. The van der Waals surface area contributed by atoms with Gasteiger partial charge in [0, 0.05) is 25.7 Å². The van der Waals surface area contributed by atoms with E-state index in [9.17, 15) is 43.2 Å². The predicted molar refractivity (Wildman–Crippen MR) is 331 cm³/mol. The summed E-state index contributed by atoms with van der Waals surface area (Å²) in [5.41, 5.74) is 0. The van der Waals surface area contributed by atoms with Crippen molar-refractivity contribution in [3.8, 4) is 0 Å². The number of hydrogen-bond acceptors (Lipinski definition) is 15. The summed E-state index contributed by atoms with van der Waals surface area (Å²) < 4.78 is 67.9. The Hall–Kier alpha value is -1.94. The van der Waals surface area contributed by atoms with Gasteiger partial charge in [0.05, 0.1) is 26.4 Å². The van der Waals surface area contributed by atoms with Crippen LogP contribution in [0.3, 0.4) is 0 Å². The second kappa shape index (κ2) is 59.0. The molecule has 0 aromatic heterocycles. The van der Waals surface area contributed by atoms with E-state index in [-0.39, 0.29) is 25.7 Å². The van der Waals surface area contributed by atoms with E-state index in [4.69, 9.17) is 37.0 Å². The molecule has 0 radical (unpaired) electrons. The number of hydrogen-bond donors (Lipinski definition) is 3.